The van der Waals surface area contributed by atoms with Crippen molar-refractivity contribution < 1.29 is 16.8 Å². The van der Waals surface area contributed by atoms with E-state index in [4.69, 9.17) is 0 Å². The summed E-state index contributed by atoms with van der Waals surface area (Å²) < 4.78 is 49.1. The molecule has 0 radical (unpaired) electrons. The molecule has 1 saturated heterocycles. The predicted molar refractivity (Wildman–Crippen MR) is 72.3 cm³/mol. The average molecular weight is 307 g/mol. The Morgan fingerprint density at radius 3 is 2.63 bits per heavy atom. The quantitative estimate of drug-likeness (QED) is 0.840. The van der Waals surface area contributed by atoms with Crippen molar-refractivity contribution in [2.75, 3.05) is 16.2 Å². The summed E-state index contributed by atoms with van der Waals surface area (Å²) in [6.45, 7) is 3.91. The molecule has 108 valence electrons. The largest absolute Gasteiger partial charge is 0.280 e. The van der Waals surface area contributed by atoms with Gasteiger partial charge in [-0.25, -0.2) is 16.8 Å². The SMILES string of the molecule is CC(C)c1cc(NS(=O)(=O)C2CCS(=O)(=O)C2)n[nH]1. The second-order valence-electron chi connectivity index (χ2n) is 5.04. The number of rotatable bonds is 4. The predicted octanol–water partition coefficient (Wildman–Crippen LogP) is 0.462. The minimum absolute atomic E-state index is 0.0730. The number of sulfonamides is 1. The topological polar surface area (TPSA) is 109 Å². The number of nitrogens with one attached hydrogen (secondary N) is 2. The van der Waals surface area contributed by atoms with Crippen LogP contribution in [0.5, 0.6) is 0 Å². The van der Waals surface area contributed by atoms with Gasteiger partial charge in [-0.05, 0) is 12.3 Å². The lowest BCUT2D eigenvalue weighted by Gasteiger charge is -2.10. The fraction of sp³-hybridized carbons (Fsp3) is 0.700. The lowest BCUT2D eigenvalue weighted by molar-refractivity contribution is 0.587. The lowest BCUT2D eigenvalue weighted by atomic mass is 10.1. The number of hydrogen-bond donors (Lipinski definition) is 2. The molecule has 1 fully saturated rings. The Morgan fingerprint density at radius 2 is 2.16 bits per heavy atom. The van der Waals surface area contributed by atoms with Crippen molar-refractivity contribution in [3.8, 4) is 0 Å². The molecule has 2 heterocycles. The van der Waals surface area contributed by atoms with Crippen molar-refractivity contribution in [3.05, 3.63) is 11.8 Å². The Hall–Kier alpha value is -1.09. The van der Waals surface area contributed by atoms with Crippen LogP contribution in [0, 0.1) is 0 Å². The Labute approximate surface area is 112 Å². The molecular weight excluding hydrogens is 290 g/mol. The second kappa shape index (κ2) is 4.78. The molecule has 19 heavy (non-hydrogen) atoms. The van der Waals surface area contributed by atoms with E-state index in [-0.39, 0.29) is 29.7 Å². The van der Waals surface area contributed by atoms with Crippen molar-refractivity contribution in [3.63, 3.8) is 0 Å². The first kappa shape index (κ1) is 14.3. The van der Waals surface area contributed by atoms with Gasteiger partial charge in [-0.3, -0.25) is 9.82 Å². The molecule has 1 atom stereocenters. The van der Waals surface area contributed by atoms with Crippen LogP contribution in [0.15, 0.2) is 6.07 Å². The van der Waals surface area contributed by atoms with E-state index in [9.17, 15) is 16.8 Å². The van der Waals surface area contributed by atoms with Crippen molar-refractivity contribution in [2.45, 2.75) is 31.4 Å². The van der Waals surface area contributed by atoms with Crippen LogP contribution in [0.1, 0.15) is 31.9 Å². The first-order chi connectivity index (χ1) is 8.70. The number of nitrogens with zero attached hydrogens (tertiary/aromatic N) is 1. The van der Waals surface area contributed by atoms with Gasteiger partial charge in [0.25, 0.3) is 0 Å². The van der Waals surface area contributed by atoms with Gasteiger partial charge >= 0.3 is 0 Å². The highest BCUT2D eigenvalue weighted by molar-refractivity contribution is 7.97. The Kier molecular flexibility index (Phi) is 3.61. The number of aromatic nitrogens is 2. The summed E-state index contributed by atoms with van der Waals surface area (Å²) in [6.07, 6.45) is 0.138. The van der Waals surface area contributed by atoms with E-state index in [0.29, 0.717) is 0 Å². The van der Waals surface area contributed by atoms with E-state index in [1.54, 1.807) is 6.07 Å². The molecule has 0 aromatic carbocycles. The number of hydrogen-bond acceptors (Lipinski definition) is 5. The second-order valence-corrected chi connectivity index (χ2v) is 9.22. The molecule has 1 aromatic rings. The summed E-state index contributed by atoms with van der Waals surface area (Å²) in [5.74, 6) is 0.0193. The molecule has 0 spiro atoms. The summed E-state index contributed by atoms with van der Waals surface area (Å²) in [5.41, 5.74) is 0.816. The minimum Gasteiger partial charge on any atom is -0.280 e. The van der Waals surface area contributed by atoms with Crippen LogP contribution in [0.4, 0.5) is 5.82 Å². The fourth-order valence-corrected chi connectivity index (χ4v) is 5.94. The van der Waals surface area contributed by atoms with Crippen LogP contribution in [0.3, 0.4) is 0 Å². The molecule has 1 aliphatic rings. The zero-order chi connectivity index (χ0) is 14.3. The van der Waals surface area contributed by atoms with Crippen molar-refractivity contribution in [1.82, 2.24) is 10.2 Å². The number of aromatic amines is 1. The van der Waals surface area contributed by atoms with Crippen molar-refractivity contribution in [2.24, 2.45) is 0 Å². The molecule has 0 aliphatic carbocycles. The van der Waals surface area contributed by atoms with Crippen LogP contribution >= 0.6 is 0 Å². The normalized spacial score (nSPS) is 22.8. The van der Waals surface area contributed by atoms with Crippen molar-refractivity contribution in [1.29, 1.82) is 0 Å². The van der Waals surface area contributed by atoms with Gasteiger partial charge in [-0.1, -0.05) is 13.8 Å². The monoisotopic (exact) mass is 307 g/mol. The highest BCUT2D eigenvalue weighted by Crippen LogP contribution is 2.22. The summed E-state index contributed by atoms with van der Waals surface area (Å²) in [7, 11) is -6.93. The molecule has 1 aliphatic heterocycles. The van der Waals surface area contributed by atoms with Crippen LogP contribution in [0.2, 0.25) is 0 Å². The highest BCUT2D eigenvalue weighted by Gasteiger charge is 2.37. The minimum atomic E-state index is -3.71. The molecule has 0 amide bonds. The Bertz CT molecular complexity index is 661. The first-order valence-corrected chi connectivity index (χ1v) is 9.34. The van der Waals surface area contributed by atoms with E-state index in [1.807, 2.05) is 13.8 Å². The van der Waals surface area contributed by atoms with Gasteiger partial charge in [-0.2, -0.15) is 5.10 Å². The lowest BCUT2D eigenvalue weighted by Crippen LogP contribution is -2.28. The third kappa shape index (κ3) is 3.27. The number of anilines is 1. The molecule has 2 N–H and O–H groups in total. The van der Waals surface area contributed by atoms with Gasteiger partial charge in [0.2, 0.25) is 10.0 Å². The van der Waals surface area contributed by atoms with Crippen LogP contribution < -0.4 is 4.72 Å². The summed E-state index contributed by atoms with van der Waals surface area (Å²) >= 11 is 0. The highest BCUT2D eigenvalue weighted by atomic mass is 32.2. The molecule has 2 rings (SSSR count). The van der Waals surface area contributed by atoms with Crippen LogP contribution in [0.25, 0.3) is 0 Å². The number of H-pyrrole nitrogens is 1. The van der Waals surface area contributed by atoms with Crippen LogP contribution in [-0.4, -0.2) is 43.8 Å². The van der Waals surface area contributed by atoms with Gasteiger partial charge in [0.15, 0.2) is 15.7 Å². The van der Waals surface area contributed by atoms with Gasteiger partial charge < -0.3 is 0 Å². The van der Waals surface area contributed by atoms with E-state index in [1.165, 1.54) is 0 Å². The average Bonchev–Trinajstić information content (AvgIpc) is 2.84. The third-order valence-corrected chi connectivity index (χ3v) is 6.85. The third-order valence-electron chi connectivity index (χ3n) is 3.10. The molecule has 9 heteroatoms. The standard InChI is InChI=1S/C10H17N3O4S2/c1-7(2)9-5-10(12-11-9)13-19(16,17)8-3-4-18(14,15)6-8/h5,7-8H,3-4,6H2,1-2H3,(H2,11,12,13). The maximum Gasteiger partial charge on any atom is 0.237 e. The molecule has 1 aromatic heterocycles. The van der Waals surface area contributed by atoms with Gasteiger partial charge in [0.05, 0.1) is 16.8 Å². The Balaban J connectivity index is 2.13. The molecular formula is C10H17N3O4S2. The summed E-state index contributed by atoms with van der Waals surface area (Å²) in [5, 5.41) is 5.71. The van der Waals surface area contributed by atoms with Gasteiger partial charge in [-0.15, -0.1) is 0 Å². The summed E-state index contributed by atoms with van der Waals surface area (Å²) in [6, 6.07) is 1.62. The summed E-state index contributed by atoms with van der Waals surface area (Å²) in [4.78, 5) is 0. The van der Waals surface area contributed by atoms with Crippen LogP contribution in [-0.2, 0) is 19.9 Å². The van der Waals surface area contributed by atoms with Crippen molar-refractivity contribution >= 4 is 25.7 Å². The Morgan fingerprint density at radius 1 is 1.47 bits per heavy atom. The van der Waals surface area contributed by atoms with Gasteiger partial charge in [0, 0.05) is 11.8 Å². The molecule has 0 saturated carbocycles. The zero-order valence-corrected chi connectivity index (χ0v) is 12.4. The molecule has 1 unspecified atom stereocenters. The maximum absolute atomic E-state index is 12.0. The fourth-order valence-electron chi connectivity index (χ4n) is 1.92. The van der Waals surface area contributed by atoms with E-state index in [2.05, 4.69) is 14.9 Å². The number of sulfone groups is 1. The molecule has 0 bridgehead atoms. The maximum atomic E-state index is 12.0. The van der Waals surface area contributed by atoms with E-state index in [0.717, 1.165) is 5.69 Å². The first-order valence-electron chi connectivity index (χ1n) is 5.97. The molecule has 7 nitrogen and oxygen atoms in total. The zero-order valence-electron chi connectivity index (χ0n) is 10.8. The van der Waals surface area contributed by atoms with E-state index >= 15 is 0 Å². The van der Waals surface area contributed by atoms with Gasteiger partial charge in [0.1, 0.15) is 0 Å². The van der Waals surface area contributed by atoms with E-state index < -0.39 is 25.1 Å². The smallest absolute Gasteiger partial charge is 0.237 e.